The Balaban J connectivity index is 1.97. The molecular formula is C15H21N3O. The quantitative estimate of drug-likeness (QED) is 0.728. The van der Waals surface area contributed by atoms with E-state index in [0.717, 1.165) is 31.4 Å². The third-order valence-corrected chi connectivity index (χ3v) is 3.99. The molecular weight excluding hydrogens is 238 g/mol. The standard InChI is InChI=1S/C15H21N3O/c1-11-4-6-15(19,7-5-11)10-18-14-3-2-12(9-16)8-13(14)17/h2-3,8,11,18-19H,4-7,10,17H2,1H3. The first-order valence-corrected chi connectivity index (χ1v) is 6.78. The molecule has 0 aliphatic heterocycles. The molecule has 102 valence electrons. The fourth-order valence-corrected chi connectivity index (χ4v) is 2.53. The first-order chi connectivity index (χ1) is 9.02. The third-order valence-electron chi connectivity index (χ3n) is 3.99. The second kappa shape index (κ2) is 5.50. The molecule has 0 aromatic heterocycles. The van der Waals surface area contributed by atoms with Gasteiger partial charge in [-0.15, -0.1) is 0 Å². The van der Waals surface area contributed by atoms with Gasteiger partial charge in [0.1, 0.15) is 0 Å². The first-order valence-electron chi connectivity index (χ1n) is 6.78. The number of hydrogen-bond donors (Lipinski definition) is 3. The van der Waals surface area contributed by atoms with Crippen LogP contribution in [-0.2, 0) is 0 Å². The van der Waals surface area contributed by atoms with Crippen molar-refractivity contribution in [1.29, 1.82) is 5.26 Å². The van der Waals surface area contributed by atoms with Crippen LogP contribution in [0.4, 0.5) is 11.4 Å². The number of rotatable bonds is 3. The molecule has 19 heavy (non-hydrogen) atoms. The summed E-state index contributed by atoms with van der Waals surface area (Å²) in [4.78, 5) is 0. The molecule has 0 amide bonds. The Labute approximate surface area is 114 Å². The normalized spacial score (nSPS) is 26.7. The van der Waals surface area contributed by atoms with Crippen molar-refractivity contribution in [3.63, 3.8) is 0 Å². The second-order valence-corrected chi connectivity index (χ2v) is 5.67. The van der Waals surface area contributed by atoms with Crippen molar-refractivity contribution in [2.75, 3.05) is 17.6 Å². The van der Waals surface area contributed by atoms with Crippen LogP contribution in [0.2, 0.25) is 0 Å². The number of hydrogen-bond acceptors (Lipinski definition) is 4. The number of nitrogens with one attached hydrogen (secondary N) is 1. The van der Waals surface area contributed by atoms with Gasteiger partial charge in [0.15, 0.2) is 0 Å². The summed E-state index contributed by atoms with van der Waals surface area (Å²) in [6.07, 6.45) is 3.80. The maximum Gasteiger partial charge on any atom is 0.0992 e. The van der Waals surface area contributed by atoms with Crippen LogP contribution in [0, 0.1) is 17.2 Å². The van der Waals surface area contributed by atoms with E-state index in [1.54, 1.807) is 18.2 Å². The van der Waals surface area contributed by atoms with E-state index < -0.39 is 5.60 Å². The predicted octanol–water partition coefficient (Wildman–Crippen LogP) is 2.49. The van der Waals surface area contributed by atoms with E-state index in [4.69, 9.17) is 11.0 Å². The number of nitrogen functional groups attached to an aromatic ring is 1. The van der Waals surface area contributed by atoms with Gasteiger partial charge in [-0.25, -0.2) is 0 Å². The van der Waals surface area contributed by atoms with Crippen LogP contribution in [-0.4, -0.2) is 17.3 Å². The van der Waals surface area contributed by atoms with Gasteiger partial charge in [-0.05, 0) is 49.8 Å². The summed E-state index contributed by atoms with van der Waals surface area (Å²) in [6, 6.07) is 7.23. The fourth-order valence-electron chi connectivity index (χ4n) is 2.53. The Morgan fingerprint density at radius 3 is 2.74 bits per heavy atom. The predicted molar refractivity (Wildman–Crippen MR) is 76.6 cm³/mol. The Kier molecular flexibility index (Phi) is 3.96. The Morgan fingerprint density at radius 1 is 1.47 bits per heavy atom. The van der Waals surface area contributed by atoms with Crippen LogP contribution < -0.4 is 11.1 Å². The van der Waals surface area contributed by atoms with Crippen LogP contribution in [0.15, 0.2) is 18.2 Å². The maximum absolute atomic E-state index is 10.5. The SMILES string of the molecule is CC1CCC(O)(CNc2ccc(C#N)cc2N)CC1. The number of aliphatic hydroxyl groups is 1. The van der Waals surface area contributed by atoms with Crippen LogP contribution in [0.5, 0.6) is 0 Å². The highest BCUT2D eigenvalue weighted by atomic mass is 16.3. The van der Waals surface area contributed by atoms with E-state index in [1.807, 2.05) is 0 Å². The van der Waals surface area contributed by atoms with Gasteiger partial charge in [-0.1, -0.05) is 6.92 Å². The Morgan fingerprint density at radius 2 is 2.16 bits per heavy atom. The molecule has 4 N–H and O–H groups in total. The molecule has 0 bridgehead atoms. The molecule has 0 unspecified atom stereocenters. The van der Waals surface area contributed by atoms with Crippen molar-refractivity contribution >= 4 is 11.4 Å². The van der Waals surface area contributed by atoms with E-state index in [0.29, 0.717) is 23.7 Å². The Hall–Kier alpha value is -1.73. The molecule has 4 nitrogen and oxygen atoms in total. The summed E-state index contributed by atoms with van der Waals surface area (Å²) in [5.41, 5.74) is 7.13. The summed E-state index contributed by atoms with van der Waals surface area (Å²) >= 11 is 0. The number of benzene rings is 1. The van der Waals surface area contributed by atoms with E-state index in [1.165, 1.54) is 0 Å². The lowest BCUT2D eigenvalue weighted by molar-refractivity contribution is 0.00503. The van der Waals surface area contributed by atoms with Gasteiger partial charge in [-0.2, -0.15) is 5.26 Å². The highest BCUT2D eigenvalue weighted by Crippen LogP contribution is 2.32. The lowest BCUT2D eigenvalue weighted by atomic mass is 9.79. The maximum atomic E-state index is 10.5. The third kappa shape index (κ3) is 3.39. The number of nitriles is 1. The van der Waals surface area contributed by atoms with E-state index >= 15 is 0 Å². The van der Waals surface area contributed by atoms with Gasteiger partial charge in [0, 0.05) is 6.54 Å². The summed E-state index contributed by atoms with van der Waals surface area (Å²) in [7, 11) is 0. The largest absolute Gasteiger partial charge is 0.397 e. The molecule has 0 atom stereocenters. The van der Waals surface area contributed by atoms with Crippen LogP contribution in [0.3, 0.4) is 0 Å². The molecule has 1 fully saturated rings. The zero-order valence-corrected chi connectivity index (χ0v) is 11.3. The summed E-state index contributed by atoms with van der Waals surface area (Å²) in [5.74, 6) is 0.709. The van der Waals surface area contributed by atoms with Gasteiger partial charge in [0.05, 0.1) is 28.6 Å². The van der Waals surface area contributed by atoms with Gasteiger partial charge in [0.2, 0.25) is 0 Å². The average molecular weight is 259 g/mol. The summed E-state index contributed by atoms with van der Waals surface area (Å²) < 4.78 is 0. The topological polar surface area (TPSA) is 82.1 Å². The number of nitrogens with two attached hydrogens (primary N) is 1. The average Bonchev–Trinajstić information content (AvgIpc) is 2.41. The van der Waals surface area contributed by atoms with E-state index in [9.17, 15) is 5.11 Å². The molecule has 1 aromatic rings. The van der Waals surface area contributed by atoms with Gasteiger partial charge in [-0.3, -0.25) is 0 Å². The van der Waals surface area contributed by atoms with Crippen LogP contribution in [0.25, 0.3) is 0 Å². The molecule has 1 aromatic carbocycles. The molecule has 0 radical (unpaired) electrons. The molecule has 1 aliphatic rings. The van der Waals surface area contributed by atoms with Crippen molar-refractivity contribution in [3.8, 4) is 6.07 Å². The zero-order chi connectivity index (χ0) is 13.9. The van der Waals surface area contributed by atoms with E-state index in [2.05, 4.69) is 18.3 Å². The number of nitrogens with zero attached hydrogens (tertiary/aromatic N) is 1. The second-order valence-electron chi connectivity index (χ2n) is 5.67. The van der Waals surface area contributed by atoms with Crippen molar-refractivity contribution in [3.05, 3.63) is 23.8 Å². The number of anilines is 2. The molecule has 0 heterocycles. The van der Waals surface area contributed by atoms with Gasteiger partial charge >= 0.3 is 0 Å². The first kappa shape index (κ1) is 13.7. The molecule has 0 saturated heterocycles. The Bertz CT molecular complexity index is 485. The fraction of sp³-hybridized carbons (Fsp3) is 0.533. The lowest BCUT2D eigenvalue weighted by Crippen LogP contribution is -2.40. The summed E-state index contributed by atoms with van der Waals surface area (Å²) in [5, 5.41) is 22.5. The van der Waals surface area contributed by atoms with Crippen molar-refractivity contribution in [2.45, 2.75) is 38.2 Å². The van der Waals surface area contributed by atoms with Gasteiger partial charge in [0.25, 0.3) is 0 Å². The summed E-state index contributed by atoms with van der Waals surface area (Å²) in [6.45, 7) is 2.74. The van der Waals surface area contributed by atoms with E-state index in [-0.39, 0.29) is 0 Å². The van der Waals surface area contributed by atoms with Crippen molar-refractivity contribution in [1.82, 2.24) is 0 Å². The van der Waals surface area contributed by atoms with Crippen molar-refractivity contribution < 1.29 is 5.11 Å². The molecule has 1 aliphatic carbocycles. The van der Waals surface area contributed by atoms with Crippen LogP contribution in [0.1, 0.15) is 38.2 Å². The molecule has 0 spiro atoms. The minimum absolute atomic E-state index is 0.510. The molecule has 1 saturated carbocycles. The lowest BCUT2D eigenvalue weighted by Gasteiger charge is -2.35. The molecule has 4 heteroatoms. The van der Waals surface area contributed by atoms with Crippen molar-refractivity contribution in [2.24, 2.45) is 5.92 Å². The smallest absolute Gasteiger partial charge is 0.0992 e. The highest BCUT2D eigenvalue weighted by Gasteiger charge is 2.31. The minimum Gasteiger partial charge on any atom is -0.397 e. The monoisotopic (exact) mass is 259 g/mol. The molecule has 2 rings (SSSR count). The van der Waals surface area contributed by atoms with Gasteiger partial charge < -0.3 is 16.2 Å². The zero-order valence-electron chi connectivity index (χ0n) is 11.3. The van der Waals surface area contributed by atoms with Crippen LogP contribution >= 0.6 is 0 Å². The highest BCUT2D eigenvalue weighted by molar-refractivity contribution is 5.68. The minimum atomic E-state index is -0.632.